The van der Waals surface area contributed by atoms with Crippen molar-refractivity contribution in [3.63, 3.8) is 0 Å². The fraction of sp³-hybridized carbons (Fsp3) is 0.182. The number of carbonyl (C=O) groups excluding carboxylic acids is 1. The maximum absolute atomic E-state index is 13.6. The average Bonchev–Trinajstić information content (AvgIpc) is 2.69. The van der Waals surface area contributed by atoms with Gasteiger partial charge in [-0.15, -0.1) is 0 Å². The number of anilines is 1. The number of aryl methyl sites for hydroxylation is 1. The molecule has 0 aliphatic carbocycles. The molecular weight excluding hydrogens is 412 g/mol. The SMILES string of the molecule is Cc1cc(F)ccc1C(Nc1ccc(Cl)cc1Cl)C(=O)NCCc1ccncc1. The lowest BCUT2D eigenvalue weighted by Gasteiger charge is -2.22. The van der Waals surface area contributed by atoms with Crippen LogP contribution in [-0.4, -0.2) is 17.4 Å². The number of amides is 1. The molecule has 4 nitrogen and oxygen atoms in total. The summed E-state index contributed by atoms with van der Waals surface area (Å²) in [6, 6.07) is 12.4. The topological polar surface area (TPSA) is 54.0 Å². The van der Waals surface area contributed by atoms with Crippen molar-refractivity contribution in [3.05, 3.63) is 93.5 Å². The van der Waals surface area contributed by atoms with E-state index in [4.69, 9.17) is 23.2 Å². The van der Waals surface area contributed by atoms with Gasteiger partial charge in [0.05, 0.1) is 10.7 Å². The third kappa shape index (κ3) is 5.68. The molecular formula is C22H20Cl2FN3O. The lowest BCUT2D eigenvalue weighted by atomic mass is 9.99. The van der Waals surface area contributed by atoms with Gasteiger partial charge in [0.1, 0.15) is 11.9 Å². The number of carbonyl (C=O) groups is 1. The molecule has 2 aromatic carbocycles. The quantitative estimate of drug-likeness (QED) is 0.530. The molecule has 0 bridgehead atoms. The van der Waals surface area contributed by atoms with Gasteiger partial charge in [0.2, 0.25) is 5.91 Å². The standard InChI is InChI=1S/C22H20Cl2FN3O/c1-14-12-17(25)3-4-18(14)21(28-20-5-2-16(23)13-19(20)24)22(29)27-11-8-15-6-9-26-10-7-15/h2-7,9-10,12-13,21,28H,8,11H2,1H3,(H,27,29). The number of benzene rings is 2. The molecule has 1 amide bonds. The van der Waals surface area contributed by atoms with Crippen molar-refractivity contribution >= 4 is 34.8 Å². The zero-order chi connectivity index (χ0) is 20.8. The largest absolute Gasteiger partial charge is 0.369 e. The summed E-state index contributed by atoms with van der Waals surface area (Å²) in [6.45, 7) is 2.22. The number of hydrogen-bond acceptors (Lipinski definition) is 3. The predicted molar refractivity (Wildman–Crippen MR) is 115 cm³/mol. The van der Waals surface area contributed by atoms with Crippen LogP contribution in [0.3, 0.4) is 0 Å². The Balaban J connectivity index is 1.80. The summed E-state index contributed by atoms with van der Waals surface area (Å²) in [4.78, 5) is 17.0. The third-order valence-corrected chi connectivity index (χ3v) is 5.05. The first-order valence-electron chi connectivity index (χ1n) is 9.08. The lowest BCUT2D eigenvalue weighted by Crippen LogP contribution is -2.35. The van der Waals surface area contributed by atoms with E-state index in [2.05, 4.69) is 15.6 Å². The highest BCUT2D eigenvalue weighted by Crippen LogP contribution is 2.30. The van der Waals surface area contributed by atoms with E-state index in [0.29, 0.717) is 39.8 Å². The maximum Gasteiger partial charge on any atom is 0.247 e. The minimum absolute atomic E-state index is 0.236. The van der Waals surface area contributed by atoms with Crippen LogP contribution >= 0.6 is 23.2 Å². The van der Waals surface area contributed by atoms with E-state index in [1.54, 1.807) is 43.6 Å². The summed E-state index contributed by atoms with van der Waals surface area (Å²) in [6.07, 6.45) is 4.10. The van der Waals surface area contributed by atoms with Gasteiger partial charge in [-0.2, -0.15) is 0 Å². The molecule has 1 unspecified atom stereocenters. The summed E-state index contributed by atoms with van der Waals surface area (Å²) in [5.74, 6) is -0.590. The molecule has 0 aliphatic rings. The Bertz CT molecular complexity index is 999. The summed E-state index contributed by atoms with van der Waals surface area (Å²) < 4.78 is 13.6. The van der Waals surface area contributed by atoms with E-state index >= 15 is 0 Å². The fourth-order valence-electron chi connectivity index (χ4n) is 2.99. The molecule has 1 heterocycles. The van der Waals surface area contributed by atoms with Gasteiger partial charge in [-0.3, -0.25) is 9.78 Å². The summed E-state index contributed by atoms with van der Waals surface area (Å²) in [7, 11) is 0. The van der Waals surface area contributed by atoms with Crippen LogP contribution < -0.4 is 10.6 Å². The number of nitrogens with zero attached hydrogens (tertiary/aromatic N) is 1. The minimum Gasteiger partial charge on any atom is -0.369 e. The van der Waals surface area contributed by atoms with Crippen LogP contribution in [0.15, 0.2) is 60.9 Å². The molecule has 1 atom stereocenters. The van der Waals surface area contributed by atoms with E-state index in [9.17, 15) is 9.18 Å². The van der Waals surface area contributed by atoms with E-state index in [1.165, 1.54) is 12.1 Å². The van der Waals surface area contributed by atoms with Gasteiger partial charge in [-0.1, -0.05) is 29.3 Å². The van der Waals surface area contributed by atoms with Gasteiger partial charge < -0.3 is 10.6 Å². The molecule has 1 aromatic heterocycles. The van der Waals surface area contributed by atoms with Crippen LogP contribution in [0.5, 0.6) is 0 Å². The fourth-order valence-corrected chi connectivity index (χ4v) is 3.45. The monoisotopic (exact) mass is 431 g/mol. The predicted octanol–water partition coefficient (Wildman–Crippen LogP) is 5.35. The Labute approximate surface area is 179 Å². The van der Waals surface area contributed by atoms with Crippen LogP contribution in [0.2, 0.25) is 10.0 Å². The second kappa shape index (κ2) is 9.72. The second-order valence-corrected chi connectivity index (χ2v) is 7.44. The molecule has 0 saturated carbocycles. The van der Waals surface area contributed by atoms with Crippen molar-refractivity contribution in [2.75, 3.05) is 11.9 Å². The molecule has 3 rings (SSSR count). The second-order valence-electron chi connectivity index (χ2n) is 6.60. The average molecular weight is 432 g/mol. The van der Waals surface area contributed by atoms with E-state index < -0.39 is 6.04 Å². The van der Waals surface area contributed by atoms with Crippen LogP contribution in [0, 0.1) is 12.7 Å². The highest BCUT2D eigenvalue weighted by atomic mass is 35.5. The number of pyridine rings is 1. The van der Waals surface area contributed by atoms with Crippen molar-refractivity contribution in [1.29, 1.82) is 0 Å². The summed E-state index contributed by atoms with van der Waals surface area (Å²) >= 11 is 12.2. The van der Waals surface area contributed by atoms with Crippen molar-refractivity contribution in [3.8, 4) is 0 Å². The number of rotatable bonds is 7. The molecule has 0 spiro atoms. The summed E-state index contributed by atoms with van der Waals surface area (Å²) in [5, 5.41) is 6.99. The zero-order valence-corrected chi connectivity index (χ0v) is 17.3. The first kappa shape index (κ1) is 21.1. The van der Waals surface area contributed by atoms with Crippen LogP contribution in [-0.2, 0) is 11.2 Å². The van der Waals surface area contributed by atoms with Crippen molar-refractivity contribution < 1.29 is 9.18 Å². The molecule has 0 fully saturated rings. The van der Waals surface area contributed by atoms with Gasteiger partial charge in [-0.25, -0.2) is 4.39 Å². The molecule has 0 saturated heterocycles. The number of nitrogens with one attached hydrogen (secondary N) is 2. The number of aromatic nitrogens is 1. The lowest BCUT2D eigenvalue weighted by molar-refractivity contribution is -0.121. The first-order valence-corrected chi connectivity index (χ1v) is 9.84. The van der Waals surface area contributed by atoms with Crippen LogP contribution in [0.25, 0.3) is 0 Å². The molecule has 3 aromatic rings. The summed E-state index contributed by atoms with van der Waals surface area (Å²) in [5.41, 5.74) is 2.97. The Kier molecular flexibility index (Phi) is 7.07. The number of halogens is 3. The molecule has 29 heavy (non-hydrogen) atoms. The highest BCUT2D eigenvalue weighted by molar-refractivity contribution is 6.36. The Morgan fingerprint density at radius 2 is 1.86 bits per heavy atom. The van der Waals surface area contributed by atoms with Gasteiger partial charge in [0.25, 0.3) is 0 Å². The van der Waals surface area contributed by atoms with E-state index in [-0.39, 0.29) is 11.7 Å². The van der Waals surface area contributed by atoms with Gasteiger partial charge in [0.15, 0.2) is 0 Å². The van der Waals surface area contributed by atoms with E-state index in [0.717, 1.165) is 5.56 Å². The zero-order valence-electron chi connectivity index (χ0n) is 15.8. The molecule has 150 valence electrons. The van der Waals surface area contributed by atoms with Crippen molar-refractivity contribution in [1.82, 2.24) is 10.3 Å². The van der Waals surface area contributed by atoms with Gasteiger partial charge >= 0.3 is 0 Å². The molecule has 7 heteroatoms. The molecule has 0 aliphatic heterocycles. The van der Waals surface area contributed by atoms with Gasteiger partial charge in [-0.05, 0) is 72.5 Å². The highest BCUT2D eigenvalue weighted by Gasteiger charge is 2.23. The van der Waals surface area contributed by atoms with E-state index in [1.807, 2.05) is 12.1 Å². The smallest absolute Gasteiger partial charge is 0.247 e. The third-order valence-electron chi connectivity index (χ3n) is 4.50. The first-order chi connectivity index (χ1) is 13.9. The maximum atomic E-state index is 13.6. The Morgan fingerprint density at radius 1 is 1.10 bits per heavy atom. The Hall–Kier alpha value is -2.63. The van der Waals surface area contributed by atoms with Gasteiger partial charge in [0, 0.05) is 24.0 Å². The minimum atomic E-state index is -0.744. The van der Waals surface area contributed by atoms with Crippen molar-refractivity contribution in [2.24, 2.45) is 0 Å². The molecule has 2 N–H and O–H groups in total. The van der Waals surface area contributed by atoms with Crippen molar-refractivity contribution in [2.45, 2.75) is 19.4 Å². The van der Waals surface area contributed by atoms with Crippen LogP contribution in [0.4, 0.5) is 10.1 Å². The molecule has 0 radical (unpaired) electrons. The normalized spacial score (nSPS) is 11.7. The number of hydrogen-bond donors (Lipinski definition) is 2. The Morgan fingerprint density at radius 3 is 2.55 bits per heavy atom. The van der Waals surface area contributed by atoms with Crippen LogP contribution in [0.1, 0.15) is 22.7 Å².